The van der Waals surface area contributed by atoms with Crippen molar-refractivity contribution in [1.29, 1.82) is 0 Å². The summed E-state index contributed by atoms with van der Waals surface area (Å²) in [6.07, 6.45) is 0. The zero-order valence-corrected chi connectivity index (χ0v) is 9.34. The van der Waals surface area contributed by atoms with Crippen LogP contribution in [0.3, 0.4) is 0 Å². The average Bonchev–Trinajstić information content (AvgIpc) is 2.12. The van der Waals surface area contributed by atoms with E-state index in [1.807, 2.05) is 12.1 Å². The summed E-state index contributed by atoms with van der Waals surface area (Å²) in [5, 5.41) is 2.48. The maximum Gasteiger partial charge on any atom is 0.0270 e. The highest BCUT2D eigenvalue weighted by molar-refractivity contribution is 14.1. The highest BCUT2D eigenvalue weighted by Crippen LogP contribution is 2.26. The maximum atomic E-state index is 4.46. The smallest absolute Gasteiger partial charge is 0.0270 e. The van der Waals surface area contributed by atoms with E-state index in [9.17, 15) is 0 Å². The molecule has 2 rings (SSSR count). The summed E-state index contributed by atoms with van der Waals surface area (Å²) in [4.78, 5) is 1.08. The molecule has 0 aromatic heterocycles. The summed E-state index contributed by atoms with van der Waals surface area (Å²) < 4.78 is 1.20. The molecule has 0 aliphatic rings. The quantitative estimate of drug-likeness (QED) is 0.553. The topological polar surface area (TPSA) is 0 Å². The summed E-state index contributed by atoms with van der Waals surface area (Å²) >= 11 is 6.75. The van der Waals surface area contributed by atoms with Crippen LogP contribution in [0.5, 0.6) is 0 Å². The Morgan fingerprint density at radius 3 is 2.58 bits per heavy atom. The molecule has 0 nitrogen and oxygen atoms in total. The molecule has 0 radical (unpaired) electrons. The first kappa shape index (κ1) is 8.38. The largest absolute Gasteiger partial charge is 0.142 e. The van der Waals surface area contributed by atoms with Crippen LogP contribution in [-0.2, 0) is 0 Å². The van der Waals surface area contributed by atoms with Gasteiger partial charge in [0.2, 0.25) is 0 Å². The Labute approximate surface area is 90.5 Å². The van der Waals surface area contributed by atoms with Gasteiger partial charge < -0.3 is 0 Å². The van der Waals surface area contributed by atoms with E-state index < -0.39 is 0 Å². The zero-order valence-electron chi connectivity index (χ0n) is 6.29. The molecule has 0 saturated heterocycles. The van der Waals surface area contributed by atoms with Gasteiger partial charge in [-0.25, -0.2) is 0 Å². The fourth-order valence-electron chi connectivity index (χ4n) is 1.23. The van der Waals surface area contributed by atoms with E-state index in [-0.39, 0.29) is 0 Å². The lowest BCUT2D eigenvalue weighted by molar-refractivity contribution is 1.49. The Bertz CT molecular complexity index is 423. The van der Waals surface area contributed by atoms with E-state index in [0.717, 1.165) is 4.90 Å². The van der Waals surface area contributed by atoms with Crippen LogP contribution >= 0.6 is 35.2 Å². The maximum absolute atomic E-state index is 4.46. The van der Waals surface area contributed by atoms with E-state index in [1.54, 1.807) is 0 Å². The molecule has 0 bridgehead atoms. The van der Waals surface area contributed by atoms with Crippen LogP contribution in [-0.4, -0.2) is 0 Å². The SMILES string of the molecule is Sc1c(I)ccc2ccccc12. The predicted octanol–water partition coefficient (Wildman–Crippen LogP) is 3.73. The normalized spacial score (nSPS) is 10.5. The molecular weight excluding hydrogens is 279 g/mol. The molecule has 0 saturated carbocycles. The molecule has 0 unspecified atom stereocenters. The van der Waals surface area contributed by atoms with Crippen LogP contribution in [0.15, 0.2) is 41.3 Å². The number of hydrogen-bond acceptors (Lipinski definition) is 1. The first-order chi connectivity index (χ1) is 5.79. The Balaban J connectivity index is 2.91. The second-order valence-electron chi connectivity index (χ2n) is 2.62. The number of fused-ring (bicyclic) bond motifs is 1. The molecule has 0 N–H and O–H groups in total. The minimum Gasteiger partial charge on any atom is -0.142 e. The van der Waals surface area contributed by atoms with Gasteiger partial charge in [0, 0.05) is 8.47 Å². The molecule has 0 fully saturated rings. The van der Waals surface area contributed by atoms with Crippen molar-refractivity contribution < 1.29 is 0 Å². The van der Waals surface area contributed by atoms with Gasteiger partial charge in [0.25, 0.3) is 0 Å². The first-order valence-corrected chi connectivity index (χ1v) is 5.18. The molecule has 12 heavy (non-hydrogen) atoms. The molecule has 2 aromatic rings. The van der Waals surface area contributed by atoms with Gasteiger partial charge in [0.15, 0.2) is 0 Å². The molecule has 0 spiro atoms. The number of halogens is 1. The number of benzene rings is 2. The number of rotatable bonds is 0. The molecular formula is C10H7IS. The van der Waals surface area contributed by atoms with Crippen molar-refractivity contribution in [2.45, 2.75) is 4.90 Å². The molecule has 2 aromatic carbocycles. The average molecular weight is 286 g/mol. The predicted molar refractivity (Wildman–Crippen MR) is 63.9 cm³/mol. The van der Waals surface area contributed by atoms with Crippen LogP contribution in [0.4, 0.5) is 0 Å². The first-order valence-electron chi connectivity index (χ1n) is 3.65. The van der Waals surface area contributed by atoms with Gasteiger partial charge in [0.05, 0.1) is 0 Å². The molecule has 60 valence electrons. The van der Waals surface area contributed by atoms with Crippen molar-refractivity contribution in [1.82, 2.24) is 0 Å². The van der Waals surface area contributed by atoms with Crippen molar-refractivity contribution >= 4 is 46.0 Å². The van der Waals surface area contributed by atoms with Crippen LogP contribution in [0, 0.1) is 3.57 Å². The monoisotopic (exact) mass is 286 g/mol. The third-order valence-electron chi connectivity index (χ3n) is 1.85. The highest BCUT2D eigenvalue weighted by Gasteiger charge is 1.99. The lowest BCUT2D eigenvalue weighted by Gasteiger charge is -2.02. The van der Waals surface area contributed by atoms with Gasteiger partial charge in [-0.15, -0.1) is 12.6 Å². The van der Waals surface area contributed by atoms with E-state index >= 15 is 0 Å². The fraction of sp³-hybridized carbons (Fsp3) is 0. The zero-order chi connectivity index (χ0) is 8.55. The standard InChI is InChI=1S/C10H7IS/c11-9-6-5-7-3-1-2-4-8(7)10(9)12/h1-6,12H. The summed E-state index contributed by atoms with van der Waals surface area (Å²) in [5.74, 6) is 0. The van der Waals surface area contributed by atoms with Crippen molar-refractivity contribution in [3.05, 3.63) is 40.0 Å². The van der Waals surface area contributed by atoms with E-state index in [2.05, 4.69) is 59.5 Å². The summed E-state index contributed by atoms with van der Waals surface area (Å²) in [6.45, 7) is 0. The lowest BCUT2D eigenvalue weighted by atomic mass is 10.1. The Hall–Kier alpha value is -0.220. The van der Waals surface area contributed by atoms with E-state index in [4.69, 9.17) is 0 Å². The van der Waals surface area contributed by atoms with E-state index in [1.165, 1.54) is 14.3 Å². The van der Waals surface area contributed by atoms with Gasteiger partial charge in [-0.1, -0.05) is 30.3 Å². The summed E-state index contributed by atoms with van der Waals surface area (Å²) in [5.41, 5.74) is 0. The summed E-state index contributed by atoms with van der Waals surface area (Å²) in [7, 11) is 0. The third kappa shape index (κ3) is 1.33. The minimum absolute atomic E-state index is 1.08. The second kappa shape index (κ2) is 3.26. The van der Waals surface area contributed by atoms with Crippen LogP contribution in [0.25, 0.3) is 10.8 Å². The van der Waals surface area contributed by atoms with Crippen LogP contribution in [0.2, 0.25) is 0 Å². The van der Waals surface area contributed by atoms with Crippen molar-refractivity contribution in [3.63, 3.8) is 0 Å². The summed E-state index contributed by atoms with van der Waals surface area (Å²) in [6, 6.07) is 12.5. The Morgan fingerprint density at radius 2 is 1.75 bits per heavy atom. The van der Waals surface area contributed by atoms with E-state index in [0.29, 0.717) is 0 Å². The van der Waals surface area contributed by atoms with Crippen molar-refractivity contribution in [2.75, 3.05) is 0 Å². The van der Waals surface area contributed by atoms with Crippen LogP contribution < -0.4 is 0 Å². The van der Waals surface area contributed by atoms with Crippen LogP contribution in [0.1, 0.15) is 0 Å². The molecule has 0 heterocycles. The highest BCUT2D eigenvalue weighted by atomic mass is 127. The number of thiol groups is 1. The van der Waals surface area contributed by atoms with Gasteiger partial charge in [0.1, 0.15) is 0 Å². The molecule has 2 heteroatoms. The number of hydrogen-bond donors (Lipinski definition) is 1. The molecule has 0 aliphatic heterocycles. The van der Waals surface area contributed by atoms with Crippen molar-refractivity contribution in [3.8, 4) is 0 Å². The second-order valence-corrected chi connectivity index (χ2v) is 4.23. The van der Waals surface area contributed by atoms with Gasteiger partial charge in [-0.3, -0.25) is 0 Å². The fourth-order valence-corrected chi connectivity index (χ4v) is 1.98. The van der Waals surface area contributed by atoms with Crippen molar-refractivity contribution in [2.24, 2.45) is 0 Å². The molecule has 0 amide bonds. The van der Waals surface area contributed by atoms with Gasteiger partial charge in [-0.2, -0.15) is 0 Å². The Morgan fingerprint density at radius 1 is 1.00 bits per heavy atom. The van der Waals surface area contributed by atoms with Gasteiger partial charge >= 0.3 is 0 Å². The third-order valence-corrected chi connectivity index (χ3v) is 3.66. The lowest BCUT2D eigenvalue weighted by Crippen LogP contribution is -1.78. The molecule has 0 aliphatic carbocycles. The molecule has 0 atom stereocenters. The van der Waals surface area contributed by atoms with Gasteiger partial charge in [-0.05, 0) is 39.4 Å². The Kier molecular flexibility index (Phi) is 2.28. The minimum atomic E-state index is 1.08.